The van der Waals surface area contributed by atoms with Crippen LogP contribution in [0.1, 0.15) is 12.0 Å². The van der Waals surface area contributed by atoms with Crippen molar-refractivity contribution >= 4 is 17.3 Å². The summed E-state index contributed by atoms with van der Waals surface area (Å²) in [5.74, 6) is -2.03. The van der Waals surface area contributed by atoms with E-state index in [9.17, 15) is 13.6 Å². The zero-order chi connectivity index (χ0) is 14.5. The maximum Gasteiger partial charge on any atom is 0.224 e. The third kappa shape index (κ3) is 3.54. The largest absolute Gasteiger partial charge is 0.399 e. The second-order valence-electron chi connectivity index (χ2n) is 4.39. The number of benzene rings is 2. The monoisotopic (exact) mass is 276 g/mol. The molecule has 0 aliphatic heterocycles. The molecule has 3 nitrogen and oxygen atoms in total. The number of nitrogens with two attached hydrogens (primary N) is 1. The lowest BCUT2D eigenvalue weighted by molar-refractivity contribution is -0.116. The Hall–Kier alpha value is -2.43. The number of nitrogen functional groups attached to an aromatic ring is 1. The van der Waals surface area contributed by atoms with Crippen molar-refractivity contribution in [2.75, 3.05) is 11.1 Å². The number of amides is 1. The molecule has 0 aromatic heterocycles. The SMILES string of the molecule is Nc1cccc(CCC(=O)Nc2c(F)cccc2F)c1. The Morgan fingerprint density at radius 1 is 1.10 bits per heavy atom. The van der Waals surface area contributed by atoms with Crippen molar-refractivity contribution in [1.82, 2.24) is 0 Å². The van der Waals surface area contributed by atoms with Crippen LogP contribution in [0.5, 0.6) is 0 Å². The highest BCUT2D eigenvalue weighted by Gasteiger charge is 2.11. The third-order valence-corrected chi connectivity index (χ3v) is 2.82. The van der Waals surface area contributed by atoms with E-state index in [0.717, 1.165) is 17.7 Å². The first kappa shape index (κ1) is 14.0. The number of carbonyl (C=O) groups is 1. The van der Waals surface area contributed by atoms with E-state index in [1.165, 1.54) is 6.07 Å². The van der Waals surface area contributed by atoms with Gasteiger partial charge in [0, 0.05) is 12.1 Å². The Morgan fingerprint density at radius 2 is 1.75 bits per heavy atom. The Kier molecular flexibility index (Phi) is 4.30. The molecule has 20 heavy (non-hydrogen) atoms. The summed E-state index contributed by atoms with van der Waals surface area (Å²) < 4.78 is 26.7. The standard InChI is InChI=1S/C15H14F2N2O/c16-12-5-2-6-13(17)15(12)19-14(20)8-7-10-3-1-4-11(18)9-10/h1-6,9H,7-8,18H2,(H,19,20). The number of hydrogen-bond donors (Lipinski definition) is 2. The molecule has 0 saturated heterocycles. The summed E-state index contributed by atoms with van der Waals surface area (Å²) in [6, 6.07) is 10.6. The predicted molar refractivity (Wildman–Crippen MR) is 74.2 cm³/mol. The molecule has 0 fully saturated rings. The van der Waals surface area contributed by atoms with Gasteiger partial charge in [0.25, 0.3) is 0 Å². The first-order chi connectivity index (χ1) is 9.56. The topological polar surface area (TPSA) is 55.1 Å². The number of carbonyl (C=O) groups excluding carboxylic acids is 1. The molecule has 5 heteroatoms. The summed E-state index contributed by atoms with van der Waals surface area (Å²) in [6.07, 6.45) is 0.574. The molecule has 0 spiro atoms. The van der Waals surface area contributed by atoms with E-state index in [4.69, 9.17) is 5.73 Å². The van der Waals surface area contributed by atoms with Gasteiger partial charge in [-0.3, -0.25) is 4.79 Å². The molecule has 0 heterocycles. The van der Waals surface area contributed by atoms with Crippen LogP contribution in [0, 0.1) is 11.6 Å². The third-order valence-electron chi connectivity index (χ3n) is 2.82. The number of nitrogens with one attached hydrogen (secondary N) is 1. The van der Waals surface area contributed by atoms with Crippen LogP contribution in [-0.4, -0.2) is 5.91 Å². The summed E-state index contributed by atoms with van der Waals surface area (Å²) in [4.78, 5) is 11.7. The molecule has 0 aliphatic rings. The maximum absolute atomic E-state index is 13.4. The molecule has 0 saturated carbocycles. The molecule has 3 N–H and O–H groups in total. The summed E-state index contributed by atoms with van der Waals surface area (Å²) in [7, 11) is 0. The van der Waals surface area contributed by atoms with Crippen molar-refractivity contribution in [3.63, 3.8) is 0 Å². The molecule has 0 bridgehead atoms. The number of hydrogen-bond acceptors (Lipinski definition) is 2. The van der Waals surface area contributed by atoms with Crippen LogP contribution in [-0.2, 0) is 11.2 Å². The van der Waals surface area contributed by atoms with Crippen molar-refractivity contribution in [2.24, 2.45) is 0 Å². The first-order valence-corrected chi connectivity index (χ1v) is 6.14. The van der Waals surface area contributed by atoms with Gasteiger partial charge >= 0.3 is 0 Å². The van der Waals surface area contributed by atoms with E-state index >= 15 is 0 Å². The fourth-order valence-corrected chi connectivity index (χ4v) is 1.83. The van der Waals surface area contributed by atoms with Crippen LogP contribution in [0.3, 0.4) is 0 Å². The minimum atomic E-state index is -0.790. The Morgan fingerprint density at radius 3 is 2.40 bits per heavy atom. The van der Waals surface area contributed by atoms with Crippen molar-refractivity contribution in [1.29, 1.82) is 0 Å². The van der Waals surface area contributed by atoms with Gasteiger partial charge in [0.05, 0.1) is 0 Å². The van der Waals surface area contributed by atoms with Gasteiger partial charge in [0.15, 0.2) is 0 Å². The summed E-state index contributed by atoms with van der Waals surface area (Å²) in [6.45, 7) is 0. The number of aryl methyl sites for hydroxylation is 1. The zero-order valence-electron chi connectivity index (χ0n) is 10.7. The molecule has 2 aromatic carbocycles. The van der Waals surface area contributed by atoms with Crippen molar-refractivity contribution in [3.8, 4) is 0 Å². The Labute approximate surface area is 115 Å². The molecule has 2 aromatic rings. The lowest BCUT2D eigenvalue weighted by atomic mass is 10.1. The van der Waals surface area contributed by atoms with Gasteiger partial charge in [-0.05, 0) is 36.2 Å². The van der Waals surface area contributed by atoms with Crippen LogP contribution < -0.4 is 11.1 Å². The van der Waals surface area contributed by atoms with Crippen molar-refractivity contribution < 1.29 is 13.6 Å². The predicted octanol–water partition coefficient (Wildman–Crippen LogP) is 3.12. The second-order valence-corrected chi connectivity index (χ2v) is 4.39. The molecule has 2 rings (SSSR count). The van der Waals surface area contributed by atoms with E-state index in [-0.39, 0.29) is 6.42 Å². The van der Waals surface area contributed by atoms with E-state index < -0.39 is 23.2 Å². The summed E-state index contributed by atoms with van der Waals surface area (Å²) >= 11 is 0. The summed E-state index contributed by atoms with van der Waals surface area (Å²) in [5, 5.41) is 2.24. The average molecular weight is 276 g/mol. The number of para-hydroxylation sites is 1. The average Bonchev–Trinajstić information content (AvgIpc) is 2.41. The molecule has 1 amide bonds. The molecule has 104 valence electrons. The molecule has 0 atom stereocenters. The fraction of sp³-hybridized carbons (Fsp3) is 0.133. The van der Waals surface area contributed by atoms with Crippen LogP contribution in [0.4, 0.5) is 20.2 Å². The summed E-state index contributed by atoms with van der Waals surface area (Å²) in [5.41, 5.74) is 6.73. The van der Waals surface area contributed by atoms with Crippen molar-refractivity contribution in [2.45, 2.75) is 12.8 Å². The van der Waals surface area contributed by atoms with Gasteiger partial charge < -0.3 is 11.1 Å². The van der Waals surface area contributed by atoms with Gasteiger partial charge in [0.2, 0.25) is 5.91 Å². The van der Waals surface area contributed by atoms with Gasteiger partial charge in [0.1, 0.15) is 17.3 Å². The quantitative estimate of drug-likeness (QED) is 0.843. The maximum atomic E-state index is 13.4. The molecular weight excluding hydrogens is 262 g/mol. The molecule has 0 radical (unpaired) electrons. The molecular formula is C15H14F2N2O. The number of halogens is 2. The van der Waals surface area contributed by atoms with Gasteiger partial charge in [-0.2, -0.15) is 0 Å². The van der Waals surface area contributed by atoms with Gasteiger partial charge in [-0.25, -0.2) is 8.78 Å². The van der Waals surface area contributed by atoms with Crippen LogP contribution in [0.15, 0.2) is 42.5 Å². The number of anilines is 2. The van der Waals surface area contributed by atoms with Crippen LogP contribution in [0.2, 0.25) is 0 Å². The highest BCUT2D eigenvalue weighted by Crippen LogP contribution is 2.18. The van der Waals surface area contributed by atoms with Gasteiger partial charge in [-0.1, -0.05) is 18.2 Å². The van der Waals surface area contributed by atoms with Crippen molar-refractivity contribution in [3.05, 3.63) is 59.7 Å². The zero-order valence-corrected chi connectivity index (χ0v) is 10.7. The Balaban J connectivity index is 1.96. The van der Waals surface area contributed by atoms with Gasteiger partial charge in [-0.15, -0.1) is 0 Å². The minimum absolute atomic E-state index is 0.122. The fourth-order valence-electron chi connectivity index (χ4n) is 1.83. The Bertz CT molecular complexity index is 609. The van der Waals surface area contributed by atoms with E-state index in [2.05, 4.69) is 5.32 Å². The number of rotatable bonds is 4. The van der Waals surface area contributed by atoms with E-state index in [1.54, 1.807) is 18.2 Å². The lowest BCUT2D eigenvalue weighted by Gasteiger charge is -2.07. The normalized spacial score (nSPS) is 10.3. The first-order valence-electron chi connectivity index (χ1n) is 6.14. The second kappa shape index (κ2) is 6.14. The lowest BCUT2D eigenvalue weighted by Crippen LogP contribution is -2.14. The molecule has 0 unspecified atom stereocenters. The van der Waals surface area contributed by atoms with E-state index in [1.807, 2.05) is 6.07 Å². The highest BCUT2D eigenvalue weighted by molar-refractivity contribution is 5.91. The van der Waals surface area contributed by atoms with Crippen LogP contribution >= 0.6 is 0 Å². The molecule has 0 aliphatic carbocycles. The smallest absolute Gasteiger partial charge is 0.224 e. The highest BCUT2D eigenvalue weighted by atomic mass is 19.1. The van der Waals surface area contributed by atoms with E-state index in [0.29, 0.717) is 12.1 Å². The minimum Gasteiger partial charge on any atom is -0.399 e. The van der Waals surface area contributed by atoms with Crippen LogP contribution in [0.25, 0.3) is 0 Å².